The van der Waals surface area contributed by atoms with Crippen molar-refractivity contribution in [1.82, 2.24) is 15.1 Å². The quantitative estimate of drug-likeness (QED) is 0.832. The van der Waals surface area contributed by atoms with Crippen LogP contribution in [0.25, 0.3) is 0 Å². The lowest BCUT2D eigenvalue weighted by Gasteiger charge is -2.44. The number of alkyl carbamates (subject to hydrolysis) is 1. The summed E-state index contributed by atoms with van der Waals surface area (Å²) in [5.74, 6) is -0.142. The second-order valence-corrected chi connectivity index (χ2v) is 8.12. The fraction of sp³-hybridized carbons (Fsp3) is 0.824. The van der Waals surface area contributed by atoms with Gasteiger partial charge in [-0.1, -0.05) is 13.8 Å². The molecule has 0 radical (unpaired) electrons. The minimum Gasteiger partial charge on any atom is -0.453 e. The number of ether oxygens (including phenoxy) is 2. The topological polar surface area (TPSA) is 88.2 Å². The molecular weight excluding hydrogens is 326 g/mol. The number of likely N-dealkylation sites (N-methyl/N-ethyl adjacent to an activating group) is 1. The van der Waals surface area contributed by atoms with Crippen LogP contribution in [0, 0.1) is 5.41 Å². The van der Waals surface area contributed by atoms with E-state index >= 15 is 0 Å². The predicted molar refractivity (Wildman–Crippen MR) is 93.2 cm³/mol. The lowest BCUT2D eigenvalue weighted by Crippen LogP contribution is -2.58. The lowest BCUT2D eigenvalue weighted by molar-refractivity contribution is -0.135. The van der Waals surface area contributed by atoms with Crippen molar-refractivity contribution in [2.24, 2.45) is 5.41 Å². The average molecular weight is 357 g/mol. The highest BCUT2D eigenvalue weighted by molar-refractivity contribution is 5.82. The monoisotopic (exact) mass is 357 g/mol. The molecule has 1 rings (SSSR count). The number of carbonyl (C=O) groups is 3. The zero-order valence-electron chi connectivity index (χ0n) is 16.3. The Morgan fingerprint density at radius 1 is 1.28 bits per heavy atom. The number of hydrogen-bond acceptors (Lipinski definition) is 5. The molecule has 0 bridgehead atoms. The molecule has 0 aliphatic carbocycles. The summed E-state index contributed by atoms with van der Waals surface area (Å²) in [6.45, 7) is 10.4. The lowest BCUT2D eigenvalue weighted by atomic mass is 9.79. The van der Waals surface area contributed by atoms with Crippen molar-refractivity contribution in [3.8, 4) is 0 Å². The normalized spacial score (nSPS) is 19.8. The van der Waals surface area contributed by atoms with E-state index in [0.29, 0.717) is 19.5 Å². The van der Waals surface area contributed by atoms with Gasteiger partial charge >= 0.3 is 12.2 Å². The fourth-order valence-electron chi connectivity index (χ4n) is 2.81. The standard InChI is InChI=1S/C17H31N3O5/c1-16(2,3)25-14(22)18-12-8-9-20(11-17(12,4)5)13(21)10-19(6)15(23)24-7/h12H,8-11H2,1-7H3,(H,18,22)/t12-/m1/s1. The van der Waals surface area contributed by atoms with Crippen molar-refractivity contribution in [2.75, 3.05) is 33.8 Å². The van der Waals surface area contributed by atoms with E-state index in [1.165, 1.54) is 19.1 Å². The zero-order chi connectivity index (χ0) is 19.4. The van der Waals surface area contributed by atoms with Gasteiger partial charge in [-0.05, 0) is 27.2 Å². The summed E-state index contributed by atoms with van der Waals surface area (Å²) in [4.78, 5) is 38.8. The Morgan fingerprint density at radius 2 is 1.88 bits per heavy atom. The van der Waals surface area contributed by atoms with Crippen LogP contribution in [0.5, 0.6) is 0 Å². The van der Waals surface area contributed by atoms with Gasteiger partial charge in [-0.15, -0.1) is 0 Å². The van der Waals surface area contributed by atoms with Gasteiger partial charge in [0, 0.05) is 31.6 Å². The molecule has 8 heteroatoms. The number of carbonyl (C=O) groups excluding carboxylic acids is 3. The van der Waals surface area contributed by atoms with Crippen molar-refractivity contribution in [2.45, 2.75) is 52.7 Å². The molecule has 3 amide bonds. The summed E-state index contributed by atoms with van der Waals surface area (Å²) in [5, 5.41) is 2.91. The molecule has 0 aromatic heterocycles. The van der Waals surface area contributed by atoms with Crippen molar-refractivity contribution in [1.29, 1.82) is 0 Å². The maximum atomic E-state index is 12.4. The van der Waals surface area contributed by atoms with Crippen LogP contribution in [0.15, 0.2) is 0 Å². The third-order valence-electron chi connectivity index (χ3n) is 4.13. The zero-order valence-corrected chi connectivity index (χ0v) is 16.3. The van der Waals surface area contributed by atoms with Crippen molar-refractivity contribution >= 4 is 18.1 Å². The van der Waals surface area contributed by atoms with E-state index < -0.39 is 17.8 Å². The van der Waals surface area contributed by atoms with E-state index in [1.807, 2.05) is 34.6 Å². The van der Waals surface area contributed by atoms with E-state index in [1.54, 1.807) is 4.90 Å². The molecule has 0 unspecified atom stereocenters. The molecule has 144 valence electrons. The second kappa shape index (κ2) is 7.93. The summed E-state index contributed by atoms with van der Waals surface area (Å²) >= 11 is 0. The molecule has 0 spiro atoms. The number of hydrogen-bond donors (Lipinski definition) is 1. The fourth-order valence-corrected chi connectivity index (χ4v) is 2.81. The molecule has 0 aromatic rings. The minimum absolute atomic E-state index is 0.0348. The van der Waals surface area contributed by atoms with Crippen LogP contribution < -0.4 is 5.32 Å². The highest BCUT2D eigenvalue weighted by atomic mass is 16.6. The molecule has 8 nitrogen and oxygen atoms in total. The van der Waals surface area contributed by atoms with Gasteiger partial charge in [-0.2, -0.15) is 0 Å². The molecular formula is C17H31N3O5. The van der Waals surface area contributed by atoms with Gasteiger partial charge in [0.05, 0.1) is 7.11 Å². The van der Waals surface area contributed by atoms with Gasteiger partial charge in [-0.25, -0.2) is 9.59 Å². The van der Waals surface area contributed by atoms with E-state index in [0.717, 1.165) is 0 Å². The molecule has 1 atom stereocenters. The summed E-state index contributed by atoms with van der Waals surface area (Å²) in [5.41, 5.74) is -0.863. The third kappa shape index (κ3) is 6.43. The van der Waals surface area contributed by atoms with Gasteiger partial charge in [0.15, 0.2) is 0 Å². The third-order valence-corrected chi connectivity index (χ3v) is 4.13. The second-order valence-electron chi connectivity index (χ2n) is 8.12. The maximum Gasteiger partial charge on any atom is 0.409 e. The van der Waals surface area contributed by atoms with Crippen LogP contribution in [0.3, 0.4) is 0 Å². The van der Waals surface area contributed by atoms with E-state index in [-0.39, 0.29) is 23.9 Å². The first kappa shape index (κ1) is 21.1. The smallest absolute Gasteiger partial charge is 0.409 e. The van der Waals surface area contributed by atoms with Crippen molar-refractivity contribution in [3.63, 3.8) is 0 Å². The van der Waals surface area contributed by atoms with Crippen LogP contribution >= 0.6 is 0 Å². The molecule has 0 saturated carbocycles. The van der Waals surface area contributed by atoms with Crippen LogP contribution in [0.2, 0.25) is 0 Å². The van der Waals surface area contributed by atoms with E-state index in [9.17, 15) is 14.4 Å². The summed E-state index contributed by atoms with van der Waals surface area (Å²) in [6, 6.07) is -0.0928. The first-order valence-electron chi connectivity index (χ1n) is 8.42. The average Bonchev–Trinajstić information content (AvgIpc) is 2.45. The number of nitrogens with zero attached hydrogens (tertiary/aromatic N) is 2. The Labute approximate surface area is 149 Å². The van der Waals surface area contributed by atoms with E-state index in [4.69, 9.17) is 4.74 Å². The van der Waals surface area contributed by atoms with Crippen LogP contribution in [-0.2, 0) is 14.3 Å². The van der Waals surface area contributed by atoms with Gasteiger partial charge in [0.2, 0.25) is 5.91 Å². The van der Waals surface area contributed by atoms with Crippen LogP contribution in [0.1, 0.15) is 41.0 Å². The van der Waals surface area contributed by atoms with E-state index in [2.05, 4.69) is 10.1 Å². The van der Waals surface area contributed by atoms with Crippen molar-refractivity contribution < 1.29 is 23.9 Å². The van der Waals surface area contributed by atoms with Gasteiger partial charge < -0.3 is 24.6 Å². The molecule has 1 aliphatic rings. The van der Waals surface area contributed by atoms with Gasteiger partial charge in [0.25, 0.3) is 0 Å². The molecule has 1 N–H and O–H groups in total. The Kier molecular flexibility index (Phi) is 6.68. The highest BCUT2D eigenvalue weighted by Gasteiger charge is 2.39. The number of likely N-dealkylation sites (tertiary alicyclic amines) is 1. The van der Waals surface area contributed by atoms with Gasteiger partial charge in [0.1, 0.15) is 12.1 Å². The highest BCUT2D eigenvalue weighted by Crippen LogP contribution is 2.29. The molecule has 1 fully saturated rings. The Bertz CT molecular complexity index is 513. The molecule has 1 saturated heterocycles. The summed E-state index contributed by atoms with van der Waals surface area (Å²) in [6.07, 6.45) is -0.371. The summed E-state index contributed by atoms with van der Waals surface area (Å²) < 4.78 is 9.91. The Morgan fingerprint density at radius 3 is 2.36 bits per heavy atom. The number of methoxy groups -OCH3 is 1. The van der Waals surface area contributed by atoms with Gasteiger partial charge in [-0.3, -0.25) is 4.79 Å². The number of nitrogens with one attached hydrogen (secondary N) is 1. The number of amides is 3. The molecule has 1 heterocycles. The molecule has 0 aromatic carbocycles. The number of rotatable bonds is 3. The number of piperidine rings is 1. The SMILES string of the molecule is COC(=O)N(C)CC(=O)N1CC[C@@H](NC(=O)OC(C)(C)C)C(C)(C)C1. The first-order chi connectivity index (χ1) is 11.4. The van der Waals surface area contributed by atoms with Crippen molar-refractivity contribution in [3.05, 3.63) is 0 Å². The molecule has 1 aliphatic heterocycles. The minimum atomic E-state index is -0.552. The van der Waals surface area contributed by atoms with Crippen LogP contribution in [-0.4, -0.2) is 73.3 Å². The maximum absolute atomic E-state index is 12.4. The molecule has 25 heavy (non-hydrogen) atoms. The first-order valence-corrected chi connectivity index (χ1v) is 8.42. The van der Waals surface area contributed by atoms with Crippen LogP contribution in [0.4, 0.5) is 9.59 Å². The Hall–Kier alpha value is -1.99. The predicted octanol–water partition coefficient (Wildman–Crippen LogP) is 1.84. The largest absolute Gasteiger partial charge is 0.453 e. The summed E-state index contributed by atoms with van der Waals surface area (Å²) in [7, 11) is 2.80. The Balaban J connectivity index is 2.62.